The number of carbonyl (C=O) groups excluding carboxylic acids is 3. The normalized spacial score (nSPS) is 13.6. The molecule has 0 N–H and O–H groups in total. The Balaban J connectivity index is 4.34. The molecule has 0 aliphatic heterocycles. The molecular weight excluding hydrogens is 835 g/mol. The predicted molar refractivity (Wildman–Crippen MR) is 281 cm³/mol. The molecule has 0 radical (unpaired) electrons. The summed E-state index contributed by atoms with van der Waals surface area (Å²) in [5.41, 5.74) is 0. The van der Waals surface area contributed by atoms with Crippen molar-refractivity contribution in [2.24, 2.45) is 0 Å². The molecule has 0 spiro atoms. The molecule has 0 aromatic heterocycles. The highest BCUT2D eigenvalue weighted by Crippen LogP contribution is 2.14. The molecule has 0 rings (SSSR count). The average molecular weight is 934 g/mol. The molecule has 0 amide bonds. The van der Waals surface area contributed by atoms with Crippen molar-refractivity contribution >= 4 is 17.9 Å². The second-order valence-corrected chi connectivity index (χ2v) is 18.7. The van der Waals surface area contributed by atoms with Gasteiger partial charge in [0, 0.05) is 19.3 Å². The SMILES string of the molecule is CC/C=C/C/C=C/C/C=C/C/C=C/C/C=C/C/C=C/CCCCC(=O)OCC(COCCC(C(=O)[O-])[N+](C)(C)C)OC(=O)CCCCCCCCC/C=C/C/C=C/CCCCCCCCCC. The largest absolute Gasteiger partial charge is 0.544 e. The van der Waals surface area contributed by atoms with E-state index in [0.717, 1.165) is 89.9 Å². The first-order valence-electron chi connectivity index (χ1n) is 26.8. The van der Waals surface area contributed by atoms with E-state index < -0.39 is 18.1 Å². The minimum atomic E-state index is -1.14. The number of quaternary nitrogens is 1. The molecule has 0 aliphatic rings. The Hall–Kier alpha value is -3.75. The molecule has 0 aromatic carbocycles. The van der Waals surface area contributed by atoms with Crippen LogP contribution >= 0.6 is 0 Å². The lowest BCUT2D eigenvalue weighted by Gasteiger charge is -2.34. The summed E-state index contributed by atoms with van der Waals surface area (Å²) in [6.45, 7) is 4.49. The van der Waals surface area contributed by atoms with Gasteiger partial charge in [0.05, 0.1) is 40.3 Å². The van der Waals surface area contributed by atoms with Crippen LogP contribution in [-0.2, 0) is 28.6 Å². The number of carboxylic acid groups (broad SMARTS) is 1. The number of ether oxygens (including phenoxy) is 3. The summed E-state index contributed by atoms with van der Waals surface area (Å²) in [5.74, 6) is -1.81. The summed E-state index contributed by atoms with van der Waals surface area (Å²) in [7, 11) is 5.39. The highest BCUT2D eigenvalue weighted by Gasteiger charge is 2.25. The van der Waals surface area contributed by atoms with Gasteiger partial charge < -0.3 is 28.6 Å². The van der Waals surface area contributed by atoms with Crippen LogP contribution in [0, 0.1) is 0 Å². The van der Waals surface area contributed by atoms with Crippen molar-refractivity contribution in [3.63, 3.8) is 0 Å². The van der Waals surface area contributed by atoms with Gasteiger partial charge in [-0.1, -0.05) is 188 Å². The predicted octanol–water partition coefficient (Wildman–Crippen LogP) is 14.5. The molecular formula is C59H99NO7. The van der Waals surface area contributed by atoms with E-state index in [1.165, 1.54) is 77.0 Å². The van der Waals surface area contributed by atoms with E-state index in [0.29, 0.717) is 12.8 Å². The Morgan fingerprint density at radius 3 is 1.27 bits per heavy atom. The zero-order valence-electron chi connectivity index (χ0n) is 43.5. The van der Waals surface area contributed by atoms with Gasteiger partial charge in [0.15, 0.2) is 6.10 Å². The molecule has 2 unspecified atom stereocenters. The first-order valence-corrected chi connectivity index (χ1v) is 26.8. The van der Waals surface area contributed by atoms with E-state index in [2.05, 4.69) is 111 Å². The summed E-state index contributed by atoms with van der Waals surface area (Å²) in [6.07, 6.45) is 65.9. The van der Waals surface area contributed by atoms with Crippen LogP contribution in [0.25, 0.3) is 0 Å². The second-order valence-electron chi connectivity index (χ2n) is 18.7. The Morgan fingerprint density at radius 2 is 0.836 bits per heavy atom. The van der Waals surface area contributed by atoms with Gasteiger partial charge in [-0.3, -0.25) is 9.59 Å². The van der Waals surface area contributed by atoms with Gasteiger partial charge >= 0.3 is 11.9 Å². The molecule has 0 aliphatic carbocycles. The Morgan fingerprint density at radius 1 is 0.463 bits per heavy atom. The quantitative estimate of drug-likeness (QED) is 0.0259. The van der Waals surface area contributed by atoms with Crippen molar-refractivity contribution in [2.45, 2.75) is 219 Å². The monoisotopic (exact) mass is 934 g/mol. The van der Waals surface area contributed by atoms with Crippen LogP contribution in [0.1, 0.15) is 206 Å². The number of hydrogen-bond acceptors (Lipinski definition) is 7. The average Bonchev–Trinajstić information content (AvgIpc) is 3.29. The summed E-state index contributed by atoms with van der Waals surface area (Å²) in [5, 5.41) is 11.7. The summed E-state index contributed by atoms with van der Waals surface area (Å²) in [4.78, 5) is 37.1. The number of nitrogens with zero attached hydrogens (tertiary/aromatic N) is 1. The summed E-state index contributed by atoms with van der Waals surface area (Å²) in [6, 6.07) is -0.741. The number of likely N-dealkylation sites (N-methyl/N-ethyl adjacent to an activating group) is 1. The Kier molecular flexibility index (Phi) is 46.0. The van der Waals surface area contributed by atoms with Crippen LogP contribution in [-0.4, -0.2) is 75.5 Å². The van der Waals surface area contributed by atoms with E-state index in [9.17, 15) is 19.5 Å². The van der Waals surface area contributed by atoms with Crippen molar-refractivity contribution < 1.29 is 38.2 Å². The van der Waals surface area contributed by atoms with E-state index in [-0.39, 0.29) is 49.1 Å². The van der Waals surface area contributed by atoms with Crippen molar-refractivity contribution in [3.05, 3.63) is 97.2 Å². The highest BCUT2D eigenvalue weighted by atomic mass is 16.6. The smallest absolute Gasteiger partial charge is 0.306 e. The molecule has 0 saturated carbocycles. The first-order chi connectivity index (χ1) is 32.6. The fraction of sp³-hybridized carbons (Fsp3) is 0.678. The number of unbranched alkanes of at least 4 members (excludes halogenated alkanes) is 17. The molecule has 0 heterocycles. The van der Waals surface area contributed by atoms with Crippen LogP contribution in [0.2, 0.25) is 0 Å². The summed E-state index contributed by atoms with van der Waals surface area (Å²) < 4.78 is 17.2. The van der Waals surface area contributed by atoms with Gasteiger partial charge in [-0.2, -0.15) is 0 Å². The number of esters is 2. The standard InChI is InChI=1S/C59H99NO7/c1-6-8-10-12-14-16-18-20-22-24-26-28-30-32-34-36-38-40-42-44-46-48-50-58(62)67-55(53-65-52-51-56(59(63)64)60(3,4)5)54-66-57(61)49-47-45-43-41-39-37-35-33-31-29-27-25-23-21-19-17-15-13-11-9-7-2/h9,11,15,17,21,23-24,26-27,29-30,32-33,35,39,41,55-56H,6-8,10,12-14,16,18-20,22,25,28,31,34,36-38,40,42-54H2,1-5H3/b11-9+,17-15+,23-21+,26-24+,29-27+,32-30+,35-33+,41-39+. The third kappa shape index (κ3) is 47.1. The number of aliphatic carboxylic acids is 1. The van der Waals surface area contributed by atoms with Crippen molar-refractivity contribution in [1.82, 2.24) is 0 Å². The Bertz CT molecular complexity index is 1410. The lowest BCUT2D eigenvalue weighted by atomic mass is 10.1. The third-order valence-corrected chi connectivity index (χ3v) is 11.5. The zero-order valence-corrected chi connectivity index (χ0v) is 43.5. The molecule has 0 fully saturated rings. The van der Waals surface area contributed by atoms with Gasteiger partial charge in [0.2, 0.25) is 0 Å². The van der Waals surface area contributed by atoms with Gasteiger partial charge in [-0.15, -0.1) is 0 Å². The molecule has 0 bridgehead atoms. The van der Waals surface area contributed by atoms with E-state index in [4.69, 9.17) is 14.2 Å². The van der Waals surface area contributed by atoms with Gasteiger partial charge in [0.25, 0.3) is 0 Å². The minimum absolute atomic E-state index is 0.0177. The van der Waals surface area contributed by atoms with Crippen LogP contribution < -0.4 is 5.11 Å². The molecule has 0 saturated heterocycles. The Labute approximate surface area is 411 Å². The van der Waals surface area contributed by atoms with Crippen molar-refractivity contribution in [3.8, 4) is 0 Å². The lowest BCUT2D eigenvalue weighted by Crippen LogP contribution is -2.55. The molecule has 8 heteroatoms. The van der Waals surface area contributed by atoms with Crippen LogP contribution in [0.5, 0.6) is 0 Å². The van der Waals surface area contributed by atoms with Crippen molar-refractivity contribution in [2.75, 3.05) is 41.0 Å². The lowest BCUT2D eigenvalue weighted by molar-refractivity contribution is -0.889. The molecule has 2 atom stereocenters. The molecule has 67 heavy (non-hydrogen) atoms. The number of hydrogen-bond donors (Lipinski definition) is 0. The third-order valence-electron chi connectivity index (χ3n) is 11.5. The summed E-state index contributed by atoms with van der Waals surface area (Å²) >= 11 is 0. The number of rotatable bonds is 47. The zero-order chi connectivity index (χ0) is 49.2. The van der Waals surface area contributed by atoms with Gasteiger partial charge in [0.1, 0.15) is 12.6 Å². The highest BCUT2D eigenvalue weighted by molar-refractivity contribution is 5.70. The van der Waals surface area contributed by atoms with Crippen LogP contribution in [0.4, 0.5) is 0 Å². The topological polar surface area (TPSA) is 102 Å². The number of carbonyl (C=O) groups is 3. The maximum atomic E-state index is 12.8. The second kappa shape index (κ2) is 48.7. The fourth-order valence-corrected chi connectivity index (χ4v) is 7.34. The minimum Gasteiger partial charge on any atom is -0.544 e. The van der Waals surface area contributed by atoms with E-state index in [1.54, 1.807) is 21.1 Å². The van der Waals surface area contributed by atoms with Crippen LogP contribution in [0.15, 0.2) is 97.2 Å². The van der Waals surface area contributed by atoms with E-state index >= 15 is 0 Å². The maximum absolute atomic E-state index is 12.8. The van der Waals surface area contributed by atoms with Crippen LogP contribution in [0.3, 0.4) is 0 Å². The molecule has 8 nitrogen and oxygen atoms in total. The molecule has 382 valence electrons. The maximum Gasteiger partial charge on any atom is 0.306 e. The van der Waals surface area contributed by atoms with Gasteiger partial charge in [-0.05, 0) is 96.3 Å². The fourth-order valence-electron chi connectivity index (χ4n) is 7.34. The van der Waals surface area contributed by atoms with Gasteiger partial charge in [-0.25, -0.2) is 0 Å². The first kappa shape index (κ1) is 63.2. The van der Waals surface area contributed by atoms with Crippen molar-refractivity contribution in [1.29, 1.82) is 0 Å². The number of allylic oxidation sites excluding steroid dienone is 16. The number of carboxylic acids is 1. The van der Waals surface area contributed by atoms with E-state index in [1.807, 2.05) is 0 Å². The molecule has 0 aromatic rings.